The highest BCUT2D eigenvalue weighted by atomic mass is 32.1. The summed E-state index contributed by atoms with van der Waals surface area (Å²) in [4.78, 5) is 17.4. The standard InChI is InChI=1S/C16H20N2O3S/c1-10(2)21-14-6-5-12(7-15(14)20-4)16(19)18-9-13-8-17-11(3)22-13/h5-8,10H,9H2,1-4H3,(H,18,19). The minimum Gasteiger partial charge on any atom is -0.493 e. The quantitative estimate of drug-likeness (QED) is 0.888. The third-order valence-electron chi connectivity index (χ3n) is 2.88. The smallest absolute Gasteiger partial charge is 0.251 e. The minimum absolute atomic E-state index is 0.0446. The van der Waals surface area contributed by atoms with Crippen molar-refractivity contribution in [3.8, 4) is 11.5 Å². The third-order valence-corrected chi connectivity index (χ3v) is 3.79. The lowest BCUT2D eigenvalue weighted by atomic mass is 10.2. The van der Waals surface area contributed by atoms with Crippen LogP contribution in [0.1, 0.15) is 34.1 Å². The van der Waals surface area contributed by atoms with Gasteiger partial charge in [-0.2, -0.15) is 0 Å². The predicted molar refractivity (Wildman–Crippen MR) is 86.8 cm³/mol. The molecule has 118 valence electrons. The maximum atomic E-state index is 12.2. The van der Waals surface area contributed by atoms with Crippen LogP contribution in [0.3, 0.4) is 0 Å². The molecular formula is C16H20N2O3S. The van der Waals surface area contributed by atoms with Crippen LogP contribution in [0.4, 0.5) is 0 Å². The van der Waals surface area contributed by atoms with Gasteiger partial charge in [0, 0.05) is 16.6 Å². The fourth-order valence-corrected chi connectivity index (χ4v) is 2.65. The van der Waals surface area contributed by atoms with Gasteiger partial charge >= 0.3 is 0 Å². The van der Waals surface area contributed by atoms with Crippen molar-refractivity contribution in [2.45, 2.75) is 33.4 Å². The molecule has 6 heteroatoms. The molecule has 1 aromatic carbocycles. The van der Waals surface area contributed by atoms with Gasteiger partial charge in [0.1, 0.15) is 0 Å². The maximum Gasteiger partial charge on any atom is 0.251 e. The van der Waals surface area contributed by atoms with Crippen molar-refractivity contribution in [1.82, 2.24) is 10.3 Å². The molecule has 0 aliphatic heterocycles. The van der Waals surface area contributed by atoms with E-state index in [9.17, 15) is 4.79 Å². The zero-order valence-corrected chi connectivity index (χ0v) is 14.0. The number of carbonyl (C=O) groups excluding carboxylic acids is 1. The lowest BCUT2D eigenvalue weighted by Crippen LogP contribution is -2.22. The molecule has 1 amide bonds. The maximum absolute atomic E-state index is 12.2. The number of rotatable bonds is 6. The van der Waals surface area contributed by atoms with Gasteiger partial charge < -0.3 is 14.8 Å². The van der Waals surface area contributed by atoms with Crippen molar-refractivity contribution in [2.75, 3.05) is 7.11 Å². The second-order valence-electron chi connectivity index (χ2n) is 5.06. The van der Waals surface area contributed by atoms with E-state index >= 15 is 0 Å². The summed E-state index contributed by atoms with van der Waals surface area (Å²) in [5, 5.41) is 3.86. The number of amides is 1. The molecule has 1 aromatic heterocycles. The van der Waals surface area contributed by atoms with E-state index in [0.29, 0.717) is 23.6 Å². The summed E-state index contributed by atoms with van der Waals surface area (Å²) in [6.07, 6.45) is 1.82. The number of benzene rings is 1. The van der Waals surface area contributed by atoms with Gasteiger partial charge in [0.2, 0.25) is 0 Å². The number of ether oxygens (including phenoxy) is 2. The first-order chi connectivity index (χ1) is 10.5. The number of nitrogens with zero attached hydrogens (tertiary/aromatic N) is 1. The van der Waals surface area contributed by atoms with Crippen LogP contribution in [0.2, 0.25) is 0 Å². The topological polar surface area (TPSA) is 60.5 Å². The highest BCUT2D eigenvalue weighted by Gasteiger charge is 2.12. The molecule has 1 N–H and O–H groups in total. The van der Waals surface area contributed by atoms with Gasteiger partial charge in [0.05, 0.1) is 24.8 Å². The van der Waals surface area contributed by atoms with Crippen molar-refractivity contribution in [1.29, 1.82) is 0 Å². The van der Waals surface area contributed by atoms with E-state index in [4.69, 9.17) is 9.47 Å². The molecule has 2 aromatic rings. The van der Waals surface area contributed by atoms with Gasteiger partial charge in [-0.25, -0.2) is 4.98 Å². The first-order valence-electron chi connectivity index (χ1n) is 7.03. The third kappa shape index (κ3) is 4.21. The van der Waals surface area contributed by atoms with Crippen LogP contribution in [0.5, 0.6) is 11.5 Å². The molecule has 0 unspecified atom stereocenters. The zero-order chi connectivity index (χ0) is 16.1. The van der Waals surface area contributed by atoms with Crippen molar-refractivity contribution in [3.05, 3.63) is 39.8 Å². The van der Waals surface area contributed by atoms with E-state index in [-0.39, 0.29) is 12.0 Å². The van der Waals surface area contributed by atoms with Gasteiger partial charge in [-0.05, 0) is 39.0 Å². The molecule has 0 aliphatic carbocycles. The molecule has 5 nitrogen and oxygen atoms in total. The van der Waals surface area contributed by atoms with Crippen molar-refractivity contribution in [3.63, 3.8) is 0 Å². The summed E-state index contributed by atoms with van der Waals surface area (Å²) in [5.74, 6) is 1.03. The molecule has 0 aliphatic rings. The van der Waals surface area contributed by atoms with Gasteiger partial charge in [-0.15, -0.1) is 11.3 Å². The van der Waals surface area contributed by atoms with Gasteiger partial charge in [-0.1, -0.05) is 0 Å². The summed E-state index contributed by atoms with van der Waals surface area (Å²) in [5.41, 5.74) is 0.536. The Kier molecular flexibility index (Phi) is 5.38. The summed E-state index contributed by atoms with van der Waals surface area (Å²) in [7, 11) is 1.56. The Hall–Kier alpha value is -2.08. The molecule has 2 rings (SSSR count). The van der Waals surface area contributed by atoms with Gasteiger partial charge in [0.25, 0.3) is 5.91 Å². The molecule has 0 atom stereocenters. The molecule has 1 heterocycles. The molecule has 0 saturated carbocycles. The summed E-state index contributed by atoms with van der Waals surface area (Å²) < 4.78 is 10.9. The number of aromatic nitrogens is 1. The number of hydrogen-bond acceptors (Lipinski definition) is 5. The number of aryl methyl sites for hydroxylation is 1. The van der Waals surface area contributed by atoms with Crippen LogP contribution >= 0.6 is 11.3 Å². The van der Waals surface area contributed by atoms with E-state index in [0.717, 1.165) is 9.88 Å². The van der Waals surface area contributed by atoms with Crippen LogP contribution in [0, 0.1) is 6.92 Å². The fourth-order valence-electron chi connectivity index (χ4n) is 1.92. The Morgan fingerprint density at radius 1 is 1.36 bits per heavy atom. The Labute approximate surface area is 134 Å². The first-order valence-corrected chi connectivity index (χ1v) is 7.85. The second kappa shape index (κ2) is 7.26. The normalized spacial score (nSPS) is 10.6. The molecule has 0 fully saturated rings. The summed E-state index contributed by atoms with van der Waals surface area (Å²) >= 11 is 1.57. The van der Waals surface area contributed by atoms with Gasteiger partial charge in [-0.3, -0.25) is 4.79 Å². The molecule has 0 radical (unpaired) electrons. The van der Waals surface area contributed by atoms with Crippen molar-refractivity contribution in [2.24, 2.45) is 0 Å². The molecule has 0 bridgehead atoms. The number of carbonyl (C=O) groups is 1. The largest absolute Gasteiger partial charge is 0.493 e. The van der Waals surface area contributed by atoms with Crippen molar-refractivity contribution >= 4 is 17.2 Å². The summed E-state index contributed by atoms with van der Waals surface area (Å²) in [6.45, 7) is 6.29. The molecular weight excluding hydrogens is 300 g/mol. The van der Waals surface area contributed by atoms with Crippen LogP contribution in [0.25, 0.3) is 0 Å². The van der Waals surface area contributed by atoms with Crippen LogP contribution in [0.15, 0.2) is 24.4 Å². The highest BCUT2D eigenvalue weighted by Crippen LogP contribution is 2.29. The highest BCUT2D eigenvalue weighted by molar-refractivity contribution is 7.11. The van der Waals surface area contributed by atoms with E-state index in [1.54, 1.807) is 42.8 Å². The number of hydrogen-bond donors (Lipinski definition) is 1. The minimum atomic E-state index is -0.152. The molecule has 0 saturated heterocycles. The number of methoxy groups -OCH3 is 1. The Balaban J connectivity index is 2.06. The predicted octanol–water partition coefficient (Wildman–Crippen LogP) is 3.18. The van der Waals surface area contributed by atoms with E-state index in [1.807, 2.05) is 20.8 Å². The molecule has 0 spiro atoms. The van der Waals surface area contributed by atoms with Gasteiger partial charge in [0.15, 0.2) is 11.5 Å². The first kappa shape index (κ1) is 16.3. The van der Waals surface area contributed by atoms with E-state index in [1.165, 1.54) is 0 Å². The lowest BCUT2D eigenvalue weighted by Gasteiger charge is -2.14. The lowest BCUT2D eigenvalue weighted by molar-refractivity contribution is 0.0951. The van der Waals surface area contributed by atoms with Crippen molar-refractivity contribution < 1.29 is 14.3 Å². The van der Waals surface area contributed by atoms with Crippen LogP contribution < -0.4 is 14.8 Å². The van der Waals surface area contributed by atoms with Crippen LogP contribution in [-0.2, 0) is 6.54 Å². The average molecular weight is 320 g/mol. The Morgan fingerprint density at radius 3 is 2.73 bits per heavy atom. The van der Waals surface area contributed by atoms with E-state index < -0.39 is 0 Å². The zero-order valence-electron chi connectivity index (χ0n) is 13.2. The number of nitrogens with one attached hydrogen (secondary N) is 1. The average Bonchev–Trinajstić information content (AvgIpc) is 2.90. The summed E-state index contributed by atoms with van der Waals surface area (Å²) in [6, 6.07) is 5.17. The molecule has 22 heavy (non-hydrogen) atoms. The van der Waals surface area contributed by atoms with Crippen LogP contribution in [-0.4, -0.2) is 24.1 Å². The fraction of sp³-hybridized carbons (Fsp3) is 0.375. The second-order valence-corrected chi connectivity index (χ2v) is 6.38. The SMILES string of the molecule is COc1cc(C(=O)NCc2cnc(C)s2)ccc1OC(C)C. The Bertz CT molecular complexity index is 653. The number of thiazole rings is 1. The Morgan fingerprint density at radius 2 is 2.14 bits per heavy atom. The van der Waals surface area contributed by atoms with E-state index in [2.05, 4.69) is 10.3 Å². The monoisotopic (exact) mass is 320 g/mol.